The third-order valence-corrected chi connectivity index (χ3v) is 3.52. The van der Waals surface area contributed by atoms with E-state index in [0.717, 1.165) is 5.56 Å². The van der Waals surface area contributed by atoms with E-state index in [0.29, 0.717) is 29.2 Å². The van der Waals surface area contributed by atoms with E-state index in [1.807, 2.05) is 0 Å². The molecule has 1 N–H and O–H groups in total. The highest BCUT2D eigenvalue weighted by Gasteiger charge is 2.48. The number of hydrogen-bond donors (Lipinski definition) is 1. The van der Waals surface area contributed by atoms with Crippen molar-refractivity contribution >= 4 is 17.7 Å². The molecule has 0 atom stereocenters. The summed E-state index contributed by atoms with van der Waals surface area (Å²) >= 11 is 6.07. The number of phenols is 1. The van der Waals surface area contributed by atoms with E-state index in [2.05, 4.69) is 4.99 Å². The molecule has 1 aliphatic rings. The van der Waals surface area contributed by atoms with Crippen molar-refractivity contribution in [1.29, 1.82) is 0 Å². The molecule has 5 heteroatoms. The van der Waals surface area contributed by atoms with Gasteiger partial charge in [-0.1, -0.05) is 11.6 Å². The zero-order chi connectivity index (χ0) is 12.6. The number of benzene rings is 1. The van der Waals surface area contributed by atoms with Crippen LogP contribution in [0.1, 0.15) is 24.0 Å². The van der Waals surface area contributed by atoms with Crippen molar-refractivity contribution in [3.63, 3.8) is 0 Å². The van der Waals surface area contributed by atoms with Gasteiger partial charge in [-0.3, -0.25) is 0 Å². The number of hydrogen-bond acceptors (Lipinski definition) is 4. The summed E-state index contributed by atoms with van der Waals surface area (Å²) in [6.07, 6.45) is 2.98. The second-order valence-electron chi connectivity index (χ2n) is 4.14. The van der Waals surface area contributed by atoms with E-state index in [4.69, 9.17) is 16.3 Å². The predicted molar refractivity (Wildman–Crippen MR) is 63.4 cm³/mol. The lowest BCUT2D eigenvalue weighted by Gasteiger charge is -2.17. The molecule has 0 aromatic heterocycles. The van der Waals surface area contributed by atoms with Gasteiger partial charge in [0.25, 0.3) is 0 Å². The van der Waals surface area contributed by atoms with E-state index in [1.165, 1.54) is 7.11 Å². The maximum Gasteiger partial charge on any atom is 0.235 e. The Hall–Kier alpha value is -1.51. The normalized spacial score (nSPS) is 16.2. The van der Waals surface area contributed by atoms with Crippen molar-refractivity contribution in [2.45, 2.75) is 25.3 Å². The van der Waals surface area contributed by atoms with Gasteiger partial charge < -0.3 is 9.84 Å². The number of isocyanates is 1. The summed E-state index contributed by atoms with van der Waals surface area (Å²) in [6.45, 7) is 1.79. The highest BCUT2D eigenvalue weighted by Crippen LogP contribution is 2.56. The Labute approximate surface area is 104 Å². The molecule has 0 heterocycles. The van der Waals surface area contributed by atoms with Crippen LogP contribution in [0.2, 0.25) is 5.02 Å². The Bertz CT molecular complexity index is 517. The van der Waals surface area contributed by atoms with Crippen LogP contribution in [0.15, 0.2) is 11.1 Å². The second kappa shape index (κ2) is 4.06. The topological polar surface area (TPSA) is 58.9 Å². The highest BCUT2D eigenvalue weighted by molar-refractivity contribution is 6.31. The summed E-state index contributed by atoms with van der Waals surface area (Å²) in [5.41, 5.74) is 0.639. The smallest absolute Gasteiger partial charge is 0.235 e. The maximum atomic E-state index is 10.5. The van der Waals surface area contributed by atoms with Gasteiger partial charge in [-0.25, -0.2) is 4.79 Å². The molecule has 1 aromatic rings. The highest BCUT2D eigenvalue weighted by atomic mass is 35.5. The molecular formula is C12H12ClNO3. The van der Waals surface area contributed by atoms with Crippen LogP contribution in [-0.2, 0) is 10.3 Å². The van der Waals surface area contributed by atoms with Crippen LogP contribution >= 0.6 is 11.6 Å². The van der Waals surface area contributed by atoms with Gasteiger partial charge in [0.2, 0.25) is 6.08 Å². The number of aliphatic imine (C=N–C) groups is 1. The van der Waals surface area contributed by atoms with Gasteiger partial charge in [0.1, 0.15) is 5.54 Å². The third kappa shape index (κ3) is 1.79. The zero-order valence-electron chi connectivity index (χ0n) is 9.58. The molecule has 0 unspecified atom stereocenters. The van der Waals surface area contributed by atoms with E-state index in [1.54, 1.807) is 19.1 Å². The van der Waals surface area contributed by atoms with Crippen LogP contribution < -0.4 is 4.74 Å². The quantitative estimate of drug-likeness (QED) is 0.666. The van der Waals surface area contributed by atoms with Crippen molar-refractivity contribution in [1.82, 2.24) is 0 Å². The molecule has 1 aromatic carbocycles. The van der Waals surface area contributed by atoms with E-state index < -0.39 is 5.54 Å². The van der Waals surface area contributed by atoms with Crippen molar-refractivity contribution in [3.8, 4) is 11.5 Å². The number of halogens is 1. The molecular weight excluding hydrogens is 242 g/mol. The van der Waals surface area contributed by atoms with E-state index in [-0.39, 0.29) is 5.75 Å². The van der Waals surface area contributed by atoms with Gasteiger partial charge in [-0.05, 0) is 25.3 Å². The molecule has 2 rings (SSSR count). The number of carbonyl (C=O) groups excluding carboxylic acids is 1. The van der Waals surface area contributed by atoms with Crippen molar-refractivity contribution in [2.24, 2.45) is 4.99 Å². The number of methoxy groups -OCH3 is 1. The first-order valence-corrected chi connectivity index (χ1v) is 5.59. The SMILES string of the molecule is COc1cc(Cl)c(C)c(C2(N=C=O)CC2)c1O. The van der Waals surface area contributed by atoms with Crippen LogP contribution in [0, 0.1) is 6.92 Å². The first kappa shape index (κ1) is 12.0. The Morgan fingerprint density at radius 2 is 2.24 bits per heavy atom. The van der Waals surface area contributed by atoms with Crippen molar-refractivity contribution < 1.29 is 14.6 Å². The summed E-state index contributed by atoms with van der Waals surface area (Å²) in [5.74, 6) is 0.300. The molecule has 0 aliphatic heterocycles. The van der Waals surface area contributed by atoms with Gasteiger partial charge in [0, 0.05) is 16.7 Å². The van der Waals surface area contributed by atoms with Crippen molar-refractivity contribution in [2.75, 3.05) is 7.11 Å². The lowest BCUT2D eigenvalue weighted by molar-refractivity contribution is 0.367. The van der Waals surface area contributed by atoms with Gasteiger partial charge >= 0.3 is 0 Å². The maximum absolute atomic E-state index is 10.5. The molecule has 0 bridgehead atoms. The Morgan fingerprint density at radius 1 is 1.59 bits per heavy atom. The minimum Gasteiger partial charge on any atom is -0.504 e. The number of ether oxygens (including phenoxy) is 1. The molecule has 0 saturated heterocycles. The van der Waals surface area contributed by atoms with Crippen LogP contribution in [-0.4, -0.2) is 18.3 Å². The monoisotopic (exact) mass is 253 g/mol. The molecule has 0 radical (unpaired) electrons. The Kier molecular flexibility index (Phi) is 2.86. The summed E-state index contributed by atoms with van der Waals surface area (Å²) in [5, 5.41) is 10.6. The summed E-state index contributed by atoms with van der Waals surface area (Å²) in [7, 11) is 1.45. The van der Waals surface area contributed by atoms with Crippen LogP contribution in [0.5, 0.6) is 11.5 Å². The number of rotatable bonds is 3. The Morgan fingerprint density at radius 3 is 2.71 bits per heavy atom. The minimum atomic E-state index is -0.659. The first-order valence-electron chi connectivity index (χ1n) is 5.21. The van der Waals surface area contributed by atoms with Crippen molar-refractivity contribution in [3.05, 3.63) is 22.2 Å². The fraction of sp³-hybridized carbons (Fsp3) is 0.417. The summed E-state index contributed by atoms with van der Waals surface area (Å²) < 4.78 is 5.05. The molecule has 4 nitrogen and oxygen atoms in total. The molecule has 0 spiro atoms. The van der Waals surface area contributed by atoms with Gasteiger partial charge in [-0.2, -0.15) is 4.99 Å². The fourth-order valence-electron chi connectivity index (χ4n) is 2.06. The third-order valence-electron chi connectivity index (χ3n) is 3.13. The molecule has 1 fully saturated rings. The molecule has 90 valence electrons. The van der Waals surface area contributed by atoms with Crippen LogP contribution in [0.4, 0.5) is 0 Å². The van der Waals surface area contributed by atoms with Crippen LogP contribution in [0.3, 0.4) is 0 Å². The summed E-state index contributed by atoms with van der Waals surface area (Å²) in [4.78, 5) is 14.3. The fourth-order valence-corrected chi connectivity index (χ4v) is 2.25. The number of nitrogens with zero attached hydrogens (tertiary/aromatic N) is 1. The largest absolute Gasteiger partial charge is 0.504 e. The second-order valence-corrected chi connectivity index (χ2v) is 4.55. The average molecular weight is 254 g/mol. The predicted octanol–water partition coefficient (Wildman–Crippen LogP) is 2.69. The average Bonchev–Trinajstić information content (AvgIpc) is 3.05. The molecule has 17 heavy (non-hydrogen) atoms. The molecule has 0 amide bonds. The van der Waals surface area contributed by atoms with Crippen LogP contribution in [0.25, 0.3) is 0 Å². The van der Waals surface area contributed by atoms with Gasteiger partial charge in [0.15, 0.2) is 11.5 Å². The number of aromatic hydroxyl groups is 1. The van der Waals surface area contributed by atoms with E-state index >= 15 is 0 Å². The van der Waals surface area contributed by atoms with Gasteiger partial charge in [0.05, 0.1) is 7.11 Å². The standard InChI is InChI=1S/C12H12ClNO3/c1-7-8(13)5-9(17-2)11(16)10(7)12(3-4-12)14-6-15/h5,16H,3-4H2,1-2H3. The first-order chi connectivity index (χ1) is 8.05. The lowest BCUT2D eigenvalue weighted by atomic mass is 9.97. The molecule has 1 saturated carbocycles. The summed E-state index contributed by atoms with van der Waals surface area (Å²) in [6, 6.07) is 1.55. The lowest BCUT2D eigenvalue weighted by Crippen LogP contribution is -2.07. The van der Waals surface area contributed by atoms with Gasteiger partial charge in [-0.15, -0.1) is 0 Å². The Balaban J connectivity index is 2.68. The molecule has 1 aliphatic carbocycles. The minimum absolute atomic E-state index is 0.00546. The van der Waals surface area contributed by atoms with E-state index in [9.17, 15) is 9.90 Å². The zero-order valence-corrected chi connectivity index (χ0v) is 10.3. The number of phenolic OH excluding ortho intramolecular Hbond substituents is 1.